The Morgan fingerprint density at radius 1 is 1.31 bits per heavy atom. The number of anilines is 1. The normalized spacial score (nSPS) is 15.8. The molecule has 0 radical (unpaired) electrons. The van der Waals surface area contributed by atoms with Gasteiger partial charge in [-0.2, -0.15) is 5.26 Å². The standard InChI is InChI=1S/C24H27N5OS2/c1-24(2,3)16-10-11-17-18(13-25)22(32-19(17)12-16)26-20(30)14-31-23-28-27-21(29(23)4)15-8-6-5-7-9-15/h5-9,16H,10-12,14H2,1-4H3,(H,26,30). The quantitative estimate of drug-likeness (QED) is 0.517. The van der Waals surface area contributed by atoms with E-state index in [1.165, 1.54) is 16.6 Å². The molecule has 0 aliphatic heterocycles. The molecule has 1 aliphatic rings. The first-order valence-electron chi connectivity index (χ1n) is 10.7. The van der Waals surface area contributed by atoms with Crippen LogP contribution in [0.15, 0.2) is 35.5 Å². The summed E-state index contributed by atoms with van der Waals surface area (Å²) in [6.45, 7) is 6.82. The molecule has 0 bridgehead atoms. The number of hydrogen-bond donors (Lipinski definition) is 1. The summed E-state index contributed by atoms with van der Waals surface area (Å²) in [5.74, 6) is 1.43. The Morgan fingerprint density at radius 2 is 2.06 bits per heavy atom. The molecule has 1 aliphatic carbocycles. The monoisotopic (exact) mass is 465 g/mol. The van der Waals surface area contributed by atoms with Gasteiger partial charge in [0, 0.05) is 17.5 Å². The van der Waals surface area contributed by atoms with Crippen LogP contribution in [0.1, 0.15) is 43.2 Å². The maximum atomic E-state index is 12.7. The molecular formula is C24H27N5OS2. The number of nitriles is 1. The lowest BCUT2D eigenvalue weighted by atomic mass is 9.72. The van der Waals surface area contributed by atoms with E-state index in [1.54, 1.807) is 11.3 Å². The molecule has 2 aromatic heterocycles. The van der Waals surface area contributed by atoms with E-state index in [-0.39, 0.29) is 17.1 Å². The number of carbonyl (C=O) groups excluding carboxylic acids is 1. The number of thiophene rings is 1. The van der Waals surface area contributed by atoms with E-state index < -0.39 is 0 Å². The first-order chi connectivity index (χ1) is 15.3. The fourth-order valence-electron chi connectivity index (χ4n) is 4.10. The fourth-order valence-corrected chi connectivity index (χ4v) is 6.11. The smallest absolute Gasteiger partial charge is 0.235 e. The third-order valence-corrected chi connectivity index (χ3v) is 8.24. The summed E-state index contributed by atoms with van der Waals surface area (Å²) in [5.41, 5.74) is 2.99. The zero-order valence-electron chi connectivity index (χ0n) is 18.8. The average molecular weight is 466 g/mol. The van der Waals surface area contributed by atoms with Crippen molar-refractivity contribution in [3.63, 3.8) is 0 Å². The van der Waals surface area contributed by atoms with Crippen LogP contribution < -0.4 is 5.32 Å². The summed E-state index contributed by atoms with van der Waals surface area (Å²) < 4.78 is 1.89. The summed E-state index contributed by atoms with van der Waals surface area (Å²) in [7, 11) is 1.90. The molecule has 0 fully saturated rings. The van der Waals surface area contributed by atoms with Crippen LogP contribution in [-0.2, 0) is 24.7 Å². The van der Waals surface area contributed by atoms with Crippen molar-refractivity contribution in [2.24, 2.45) is 18.4 Å². The molecule has 3 aromatic rings. The van der Waals surface area contributed by atoms with Crippen LogP contribution in [0, 0.1) is 22.7 Å². The summed E-state index contributed by atoms with van der Waals surface area (Å²) in [6, 6.07) is 12.2. The average Bonchev–Trinajstić information content (AvgIpc) is 3.31. The van der Waals surface area contributed by atoms with Crippen LogP contribution in [0.5, 0.6) is 0 Å². The number of nitrogens with one attached hydrogen (secondary N) is 1. The van der Waals surface area contributed by atoms with Gasteiger partial charge in [0.05, 0.1) is 11.3 Å². The minimum Gasteiger partial charge on any atom is -0.316 e. The summed E-state index contributed by atoms with van der Waals surface area (Å²) in [6.07, 6.45) is 2.97. The van der Waals surface area contributed by atoms with Gasteiger partial charge in [-0.15, -0.1) is 21.5 Å². The molecule has 1 atom stereocenters. The predicted octanol–water partition coefficient (Wildman–Crippen LogP) is 5.30. The third-order valence-electron chi connectivity index (χ3n) is 6.05. The minimum absolute atomic E-state index is 0.137. The second-order valence-corrected chi connectivity index (χ2v) is 11.2. The topological polar surface area (TPSA) is 83.6 Å². The van der Waals surface area contributed by atoms with Crippen molar-refractivity contribution in [2.45, 2.75) is 45.2 Å². The van der Waals surface area contributed by atoms with Crippen LogP contribution >= 0.6 is 23.1 Å². The Balaban J connectivity index is 1.43. The van der Waals surface area contributed by atoms with Crippen LogP contribution in [0.25, 0.3) is 11.4 Å². The summed E-state index contributed by atoms with van der Waals surface area (Å²) >= 11 is 2.91. The molecule has 166 valence electrons. The van der Waals surface area contributed by atoms with Gasteiger partial charge >= 0.3 is 0 Å². The zero-order chi connectivity index (χ0) is 22.9. The van der Waals surface area contributed by atoms with Crippen molar-refractivity contribution in [3.05, 3.63) is 46.3 Å². The lowest BCUT2D eigenvalue weighted by Gasteiger charge is -2.33. The van der Waals surface area contributed by atoms with Gasteiger partial charge in [-0.1, -0.05) is 62.9 Å². The van der Waals surface area contributed by atoms with Gasteiger partial charge in [0.1, 0.15) is 11.1 Å². The number of carbonyl (C=O) groups is 1. The van der Waals surface area contributed by atoms with Crippen molar-refractivity contribution >= 4 is 34.0 Å². The maximum absolute atomic E-state index is 12.7. The molecule has 32 heavy (non-hydrogen) atoms. The lowest BCUT2D eigenvalue weighted by Crippen LogP contribution is -2.26. The number of rotatable bonds is 5. The van der Waals surface area contributed by atoms with Gasteiger partial charge in [0.15, 0.2) is 11.0 Å². The summed E-state index contributed by atoms with van der Waals surface area (Å²) in [5, 5.41) is 22.6. The van der Waals surface area contributed by atoms with E-state index in [0.717, 1.165) is 36.2 Å². The van der Waals surface area contributed by atoms with Gasteiger partial charge in [-0.25, -0.2) is 0 Å². The van der Waals surface area contributed by atoms with E-state index in [4.69, 9.17) is 0 Å². The number of nitrogens with zero attached hydrogens (tertiary/aromatic N) is 4. The first-order valence-corrected chi connectivity index (χ1v) is 12.5. The highest BCUT2D eigenvalue weighted by Gasteiger charge is 2.32. The van der Waals surface area contributed by atoms with Crippen molar-refractivity contribution in [3.8, 4) is 17.5 Å². The Labute approximate surface area is 197 Å². The molecule has 0 saturated heterocycles. The van der Waals surface area contributed by atoms with Crippen LogP contribution in [0.3, 0.4) is 0 Å². The first kappa shape index (κ1) is 22.6. The number of fused-ring (bicyclic) bond motifs is 1. The van der Waals surface area contributed by atoms with Crippen LogP contribution in [-0.4, -0.2) is 26.4 Å². The fraction of sp³-hybridized carbons (Fsp3) is 0.417. The summed E-state index contributed by atoms with van der Waals surface area (Å²) in [4.78, 5) is 13.9. The third kappa shape index (κ3) is 4.59. The van der Waals surface area contributed by atoms with Crippen LogP contribution in [0.4, 0.5) is 5.00 Å². The molecule has 8 heteroatoms. The van der Waals surface area contributed by atoms with Crippen molar-refractivity contribution in [1.82, 2.24) is 14.8 Å². The maximum Gasteiger partial charge on any atom is 0.235 e. The lowest BCUT2D eigenvalue weighted by molar-refractivity contribution is -0.113. The molecule has 1 N–H and O–H groups in total. The Bertz CT molecular complexity index is 1170. The highest BCUT2D eigenvalue weighted by Crippen LogP contribution is 2.44. The van der Waals surface area contributed by atoms with E-state index in [1.807, 2.05) is 41.9 Å². The molecule has 1 unspecified atom stereocenters. The number of hydrogen-bond acceptors (Lipinski definition) is 6. The predicted molar refractivity (Wildman–Crippen MR) is 130 cm³/mol. The van der Waals surface area contributed by atoms with E-state index in [0.29, 0.717) is 21.6 Å². The van der Waals surface area contributed by atoms with Gasteiger partial charge < -0.3 is 9.88 Å². The van der Waals surface area contributed by atoms with Crippen molar-refractivity contribution in [1.29, 1.82) is 5.26 Å². The second kappa shape index (κ2) is 9.08. The Morgan fingerprint density at radius 3 is 2.75 bits per heavy atom. The zero-order valence-corrected chi connectivity index (χ0v) is 20.4. The molecule has 0 saturated carbocycles. The molecule has 1 amide bonds. The number of thioether (sulfide) groups is 1. The molecule has 4 rings (SSSR count). The van der Waals surface area contributed by atoms with Gasteiger partial charge in [-0.05, 0) is 36.2 Å². The molecule has 6 nitrogen and oxygen atoms in total. The van der Waals surface area contributed by atoms with E-state index in [9.17, 15) is 10.1 Å². The van der Waals surface area contributed by atoms with E-state index >= 15 is 0 Å². The Kier molecular flexibility index (Phi) is 6.40. The number of aromatic nitrogens is 3. The molecule has 0 spiro atoms. The molecule has 1 aromatic carbocycles. The highest BCUT2D eigenvalue weighted by atomic mass is 32.2. The van der Waals surface area contributed by atoms with Crippen LogP contribution in [0.2, 0.25) is 0 Å². The number of benzene rings is 1. The minimum atomic E-state index is -0.137. The second-order valence-electron chi connectivity index (χ2n) is 9.19. The van der Waals surface area contributed by atoms with Gasteiger partial charge in [0.2, 0.25) is 5.91 Å². The molecular weight excluding hydrogens is 438 g/mol. The highest BCUT2D eigenvalue weighted by molar-refractivity contribution is 7.99. The SMILES string of the molecule is Cn1c(SCC(=O)Nc2sc3c(c2C#N)CCC(C(C)(C)C)C3)nnc1-c1ccccc1. The van der Waals surface area contributed by atoms with Crippen molar-refractivity contribution in [2.75, 3.05) is 11.1 Å². The largest absolute Gasteiger partial charge is 0.316 e. The number of amides is 1. The van der Waals surface area contributed by atoms with Crippen molar-refractivity contribution < 1.29 is 4.79 Å². The van der Waals surface area contributed by atoms with Gasteiger partial charge in [-0.3, -0.25) is 4.79 Å². The van der Waals surface area contributed by atoms with E-state index in [2.05, 4.69) is 42.4 Å². The Hall–Kier alpha value is -2.63. The molecule has 2 heterocycles. The van der Waals surface area contributed by atoms with Gasteiger partial charge in [0.25, 0.3) is 0 Å².